The summed E-state index contributed by atoms with van der Waals surface area (Å²) in [5.41, 5.74) is 5.12. The van der Waals surface area contributed by atoms with Crippen molar-refractivity contribution in [3.05, 3.63) is 62.9 Å². The number of carbonyl (C=O) groups is 1. The monoisotopic (exact) mass is 309 g/mol. The van der Waals surface area contributed by atoms with Crippen LogP contribution in [0.25, 0.3) is 5.57 Å². The minimum Gasteiger partial charge on any atom is -0.302 e. The van der Waals surface area contributed by atoms with E-state index < -0.39 is 0 Å². The van der Waals surface area contributed by atoms with Gasteiger partial charge in [-0.15, -0.1) is 11.3 Å². The molecule has 4 rings (SSSR count). The maximum atomic E-state index is 12.6. The number of benzene rings is 1. The van der Waals surface area contributed by atoms with Gasteiger partial charge in [-0.05, 0) is 48.2 Å². The van der Waals surface area contributed by atoms with Crippen molar-refractivity contribution in [3.63, 3.8) is 0 Å². The highest BCUT2D eigenvalue weighted by atomic mass is 32.1. The predicted octanol–water partition coefficient (Wildman–Crippen LogP) is 3.80. The standard InChI is InChI=1S/C19H19NOS/c1-20-8-6-13(7-9-20)18-12-16-10-14-4-2-3-5-15(14)11-17(21)19(16)22-18/h2-6,12H,7-11H2,1H3. The molecule has 1 aromatic heterocycles. The molecule has 0 fully saturated rings. The summed E-state index contributed by atoms with van der Waals surface area (Å²) in [6.07, 6.45) is 4.83. The van der Waals surface area contributed by atoms with Crippen LogP contribution in [0, 0.1) is 0 Å². The number of rotatable bonds is 1. The third-order valence-electron chi connectivity index (χ3n) is 4.64. The van der Waals surface area contributed by atoms with Crippen molar-refractivity contribution in [3.8, 4) is 0 Å². The van der Waals surface area contributed by atoms with Crippen LogP contribution in [-0.2, 0) is 12.8 Å². The van der Waals surface area contributed by atoms with E-state index in [0.717, 1.165) is 30.8 Å². The minimum absolute atomic E-state index is 0.282. The molecule has 0 N–H and O–H groups in total. The second kappa shape index (κ2) is 5.49. The first-order chi connectivity index (χ1) is 10.7. The van der Waals surface area contributed by atoms with Crippen LogP contribution in [0.15, 0.2) is 36.4 Å². The first-order valence-corrected chi connectivity index (χ1v) is 8.63. The zero-order chi connectivity index (χ0) is 15.1. The van der Waals surface area contributed by atoms with E-state index in [-0.39, 0.29) is 5.78 Å². The number of likely N-dealkylation sites (N-methyl/N-ethyl adjacent to an activating group) is 1. The smallest absolute Gasteiger partial charge is 0.177 e. The van der Waals surface area contributed by atoms with Gasteiger partial charge in [-0.25, -0.2) is 0 Å². The van der Waals surface area contributed by atoms with Crippen LogP contribution in [0.5, 0.6) is 0 Å². The molecule has 1 aliphatic heterocycles. The third kappa shape index (κ3) is 2.44. The molecule has 22 heavy (non-hydrogen) atoms. The lowest BCUT2D eigenvalue weighted by atomic mass is 10.0. The lowest BCUT2D eigenvalue weighted by Crippen LogP contribution is -2.23. The Morgan fingerprint density at radius 3 is 2.59 bits per heavy atom. The summed E-state index contributed by atoms with van der Waals surface area (Å²) >= 11 is 1.70. The Balaban J connectivity index is 1.72. The molecule has 0 atom stereocenters. The third-order valence-corrected chi connectivity index (χ3v) is 5.94. The fourth-order valence-corrected chi connectivity index (χ4v) is 4.50. The zero-order valence-electron chi connectivity index (χ0n) is 12.8. The molecule has 0 radical (unpaired) electrons. The van der Waals surface area contributed by atoms with E-state index >= 15 is 0 Å². The molecule has 2 nitrogen and oxygen atoms in total. The Morgan fingerprint density at radius 2 is 1.86 bits per heavy atom. The molecule has 2 aromatic rings. The van der Waals surface area contributed by atoms with Crippen LogP contribution in [0.1, 0.15) is 37.7 Å². The first kappa shape index (κ1) is 13.9. The van der Waals surface area contributed by atoms with E-state index in [4.69, 9.17) is 0 Å². The highest BCUT2D eigenvalue weighted by molar-refractivity contribution is 7.15. The summed E-state index contributed by atoms with van der Waals surface area (Å²) in [5.74, 6) is 0.282. The van der Waals surface area contributed by atoms with Gasteiger partial charge in [-0.1, -0.05) is 30.3 Å². The van der Waals surface area contributed by atoms with E-state index in [1.165, 1.54) is 27.1 Å². The molecule has 1 aliphatic carbocycles. The number of hydrogen-bond acceptors (Lipinski definition) is 3. The second-order valence-corrected chi connectivity index (χ2v) is 7.30. The zero-order valence-corrected chi connectivity index (χ0v) is 13.6. The molecule has 3 heteroatoms. The maximum Gasteiger partial charge on any atom is 0.177 e. The van der Waals surface area contributed by atoms with Gasteiger partial charge in [-0.2, -0.15) is 0 Å². The lowest BCUT2D eigenvalue weighted by Gasteiger charge is -2.21. The van der Waals surface area contributed by atoms with Crippen molar-refractivity contribution in [2.24, 2.45) is 0 Å². The normalized spacial score (nSPS) is 18.4. The summed E-state index contributed by atoms with van der Waals surface area (Å²) in [5, 5.41) is 0. The summed E-state index contributed by atoms with van der Waals surface area (Å²) in [7, 11) is 2.15. The van der Waals surface area contributed by atoms with Gasteiger partial charge >= 0.3 is 0 Å². The molecule has 0 amide bonds. The Morgan fingerprint density at radius 1 is 1.09 bits per heavy atom. The van der Waals surface area contributed by atoms with E-state index in [1.807, 2.05) is 6.07 Å². The lowest BCUT2D eigenvalue weighted by molar-refractivity contribution is 0.0997. The number of ketones is 1. The molecule has 0 bridgehead atoms. The van der Waals surface area contributed by atoms with Crippen LogP contribution in [0.2, 0.25) is 0 Å². The topological polar surface area (TPSA) is 20.3 Å². The molecule has 2 aliphatic rings. The highest BCUT2D eigenvalue weighted by Crippen LogP contribution is 2.35. The summed E-state index contributed by atoms with van der Waals surface area (Å²) in [6, 6.07) is 10.6. The van der Waals surface area contributed by atoms with E-state index in [0.29, 0.717) is 6.42 Å². The molecular weight excluding hydrogens is 290 g/mol. The van der Waals surface area contributed by atoms with Gasteiger partial charge in [0.25, 0.3) is 0 Å². The molecule has 0 spiro atoms. The predicted molar refractivity (Wildman–Crippen MR) is 91.7 cm³/mol. The average Bonchev–Trinajstić information content (AvgIpc) is 2.88. The number of hydrogen-bond donors (Lipinski definition) is 0. The first-order valence-electron chi connectivity index (χ1n) is 7.81. The Labute approximate surface area is 135 Å². The second-order valence-electron chi connectivity index (χ2n) is 6.25. The van der Waals surface area contributed by atoms with Gasteiger partial charge in [0.15, 0.2) is 5.78 Å². The highest BCUT2D eigenvalue weighted by Gasteiger charge is 2.23. The molecule has 0 saturated carbocycles. The van der Waals surface area contributed by atoms with Gasteiger partial charge in [-0.3, -0.25) is 4.79 Å². The molecular formula is C19H19NOS. The molecule has 1 aromatic carbocycles. The van der Waals surface area contributed by atoms with E-state index in [9.17, 15) is 4.79 Å². The van der Waals surface area contributed by atoms with Gasteiger partial charge in [0.1, 0.15) is 0 Å². The maximum absolute atomic E-state index is 12.6. The quantitative estimate of drug-likeness (QED) is 0.798. The van der Waals surface area contributed by atoms with Crippen LogP contribution in [0.4, 0.5) is 0 Å². The van der Waals surface area contributed by atoms with Crippen molar-refractivity contribution < 1.29 is 4.79 Å². The van der Waals surface area contributed by atoms with Crippen molar-refractivity contribution >= 4 is 22.7 Å². The number of carbonyl (C=O) groups excluding carboxylic acids is 1. The van der Waals surface area contributed by atoms with Crippen LogP contribution in [0.3, 0.4) is 0 Å². The van der Waals surface area contributed by atoms with Gasteiger partial charge < -0.3 is 4.90 Å². The number of thiophene rings is 1. The Hall–Kier alpha value is -1.71. The number of fused-ring (bicyclic) bond motifs is 2. The van der Waals surface area contributed by atoms with Crippen molar-refractivity contribution in [2.45, 2.75) is 19.3 Å². The Bertz CT molecular complexity index is 771. The fourth-order valence-electron chi connectivity index (χ4n) is 3.31. The number of nitrogens with zero attached hydrogens (tertiary/aromatic N) is 1. The van der Waals surface area contributed by atoms with Crippen molar-refractivity contribution in [2.75, 3.05) is 20.1 Å². The van der Waals surface area contributed by atoms with Crippen molar-refractivity contribution in [1.29, 1.82) is 0 Å². The SMILES string of the molecule is CN1CC=C(c2cc3c(s2)C(=O)Cc2ccccc2C3)CC1. The summed E-state index contributed by atoms with van der Waals surface area (Å²) in [4.78, 5) is 17.2. The fraction of sp³-hybridized carbons (Fsp3) is 0.316. The molecule has 2 heterocycles. The average molecular weight is 309 g/mol. The van der Waals surface area contributed by atoms with E-state index in [2.05, 4.69) is 42.3 Å². The van der Waals surface area contributed by atoms with Crippen LogP contribution >= 0.6 is 11.3 Å². The van der Waals surface area contributed by atoms with Gasteiger partial charge in [0, 0.05) is 24.4 Å². The summed E-state index contributed by atoms with van der Waals surface area (Å²) < 4.78 is 0. The molecule has 0 saturated heterocycles. The van der Waals surface area contributed by atoms with Gasteiger partial charge in [0.2, 0.25) is 0 Å². The molecule has 112 valence electrons. The largest absolute Gasteiger partial charge is 0.302 e. The van der Waals surface area contributed by atoms with Gasteiger partial charge in [0.05, 0.1) is 4.88 Å². The molecule has 0 unspecified atom stereocenters. The van der Waals surface area contributed by atoms with Crippen LogP contribution in [-0.4, -0.2) is 30.8 Å². The van der Waals surface area contributed by atoms with Crippen LogP contribution < -0.4 is 0 Å². The minimum atomic E-state index is 0.282. The Kier molecular flexibility index (Phi) is 3.47. The number of Topliss-reactive ketones (excluding diaryl/α,β-unsaturated/α-hetero) is 1. The summed E-state index contributed by atoms with van der Waals surface area (Å²) in [6.45, 7) is 2.11. The van der Waals surface area contributed by atoms with Crippen molar-refractivity contribution in [1.82, 2.24) is 4.90 Å². The van der Waals surface area contributed by atoms with E-state index in [1.54, 1.807) is 11.3 Å².